The van der Waals surface area contributed by atoms with E-state index in [-0.39, 0.29) is 12.5 Å². The van der Waals surface area contributed by atoms with Gasteiger partial charge in [0.05, 0.1) is 6.42 Å². The fraction of sp³-hybridized carbons (Fsp3) is 0.917. The first kappa shape index (κ1) is 12.5. The molecule has 0 spiro atoms. The molecular weight excluding hydrogens is 190 g/mol. The van der Waals surface area contributed by atoms with Crippen molar-refractivity contribution in [1.82, 2.24) is 0 Å². The second-order valence-corrected chi connectivity index (χ2v) is 4.97. The molecule has 15 heavy (non-hydrogen) atoms. The van der Waals surface area contributed by atoms with Gasteiger partial charge in [-0.3, -0.25) is 4.79 Å². The Bertz CT molecular complexity index is 202. The van der Waals surface area contributed by atoms with Gasteiger partial charge < -0.3 is 10.8 Å². The van der Waals surface area contributed by atoms with Crippen LogP contribution in [0, 0.1) is 11.8 Å². The molecule has 0 aromatic carbocycles. The van der Waals surface area contributed by atoms with E-state index in [1.54, 1.807) is 0 Å². The molecule has 0 aromatic heterocycles. The molecule has 0 aliphatic heterocycles. The number of carboxylic acids is 1. The number of hydrogen-bond donors (Lipinski definition) is 2. The third-order valence-corrected chi connectivity index (χ3v) is 3.64. The summed E-state index contributed by atoms with van der Waals surface area (Å²) in [6, 6.07) is -0.177. The lowest BCUT2D eigenvalue weighted by atomic mass is 9.80. The van der Waals surface area contributed by atoms with Gasteiger partial charge in [-0.05, 0) is 18.3 Å². The van der Waals surface area contributed by atoms with Crippen LogP contribution in [0.15, 0.2) is 0 Å². The summed E-state index contributed by atoms with van der Waals surface area (Å²) in [6.45, 7) is 2.06. The summed E-state index contributed by atoms with van der Waals surface area (Å²) >= 11 is 0. The highest BCUT2D eigenvalue weighted by atomic mass is 16.4. The third-order valence-electron chi connectivity index (χ3n) is 3.64. The fourth-order valence-electron chi connectivity index (χ4n) is 2.13. The van der Waals surface area contributed by atoms with Crippen molar-refractivity contribution in [3.63, 3.8) is 0 Å². The first-order valence-electron chi connectivity index (χ1n) is 6.07. The number of nitrogens with two attached hydrogens (primary N) is 1. The van der Waals surface area contributed by atoms with E-state index in [0.717, 1.165) is 12.3 Å². The summed E-state index contributed by atoms with van der Waals surface area (Å²) in [4.78, 5) is 10.5. The molecule has 1 fully saturated rings. The molecule has 0 bridgehead atoms. The van der Waals surface area contributed by atoms with Crippen LogP contribution in [0.2, 0.25) is 0 Å². The van der Waals surface area contributed by atoms with Gasteiger partial charge in [-0.15, -0.1) is 0 Å². The molecule has 3 N–H and O–H groups in total. The molecule has 0 amide bonds. The smallest absolute Gasteiger partial charge is 0.304 e. The van der Waals surface area contributed by atoms with Gasteiger partial charge in [0, 0.05) is 6.04 Å². The second-order valence-electron chi connectivity index (χ2n) is 4.97. The van der Waals surface area contributed by atoms with Crippen LogP contribution in [0.25, 0.3) is 0 Å². The molecular formula is C12H23NO2. The lowest BCUT2D eigenvalue weighted by Crippen LogP contribution is -2.31. The average molecular weight is 213 g/mol. The molecule has 0 saturated heterocycles. The van der Waals surface area contributed by atoms with Crippen molar-refractivity contribution >= 4 is 5.97 Å². The molecule has 0 radical (unpaired) electrons. The van der Waals surface area contributed by atoms with Crippen molar-refractivity contribution in [2.45, 2.75) is 57.9 Å². The molecule has 0 aromatic rings. The van der Waals surface area contributed by atoms with Crippen molar-refractivity contribution < 1.29 is 9.90 Å². The molecule has 1 rings (SSSR count). The number of hydrogen-bond acceptors (Lipinski definition) is 2. The summed E-state index contributed by atoms with van der Waals surface area (Å²) in [5.74, 6) is 0.502. The van der Waals surface area contributed by atoms with Gasteiger partial charge in [0.25, 0.3) is 0 Å². The quantitative estimate of drug-likeness (QED) is 0.682. The van der Waals surface area contributed by atoms with E-state index in [2.05, 4.69) is 6.92 Å². The summed E-state index contributed by atoms with van der Waals surface area (Å²) in [5, 5.41) is 8.61. The molecule has 1 saturated carbocycles. The van der Waals surface area contributed by atoms with Gasteiger partial charge in [-0.1, -0.05) is 39.0 Å². The Balaban J connectivity index is 2.05. The minimum atomic E-state index is -0.784. The summed E-state index contributed by atoms with van der Waals surface area (Å²) in [5.41, 5.74) is 5.80. The second kappa shape index (κ2) is 6.11. The van der Waals surface area contributed by atoms with Crippen LogP contribution in [0.3, 0.4) is 0 Å². The van der Waals surface area contributed by atoms with Gasteiger partial charge in [0.2, 0.25) is 0 Å². The predicted octanol–water partition coefficient (Wildman–Crippen LogP) is 2.39. The van der Waals surface area contributed by atoms with Crippen molar-refractivity contribution in [1.29, 1.82) is 0 Å². The maximum absolute atomic E-state index is 10.5. The summed E-state index contributed by atoms with van der Waals surface area (Å²) < 4.78 is 0. The van der Waals surface area contributed by atoms with E-state index in [4.69, 9.17) is 10.8 Å². The monoisotopic (exact) mass is 213 g/mol. The molecule has 0 heterocycles. The van der Waals surface area contributed by atoms with E-state index in [1.165, 1.54) is 32.1 Å². The molecule has 1 aliphatic carbocycles. The van der Waals surface area contributed by atoms with Crippen LogP contribution in [-0.4, -0.2) is 17.1 Å². The lowest BCUT2D eigenvalue weighted by molar-refractivity contribution is -0.137. The number of aliphatic carboxylic acids is 1. The Kier molecular flexibility index (Phi) is 5.09. The van der Waals surface area contributed by atoms with E-state index in [1.807, 2.05) is 0 Å². The highest BCUT2D eigenvalue weighted by Gasteiger charge is 2.19. The van der Waals surface area contributed by atoms with Gasteiger partial charge in [0.1, 0.15) is 0 Å². The first-order valence-corrected chi connectivity index (χ1v) is 6.07. The largest absolute Gasteiger partial charge is 0.481 e. The Morgan fingerprint density at radius 1 is 1.53 bits per heavy atom. The standard InChI is InChI=1S/C12H23NO2/c1-9(11(13)8-12(14)15)4-2-5-10-6-3-7-10/h9-11H,2-8,13H2,1H3,(H,14,15)/t9-,11-/m1/s1. The first-order chi connectivity index (χ1) is 7.09. The van der Waals surface area contributed by atoms with E-state index >= 15 is 0 Å². The van der Waals surface area contributed by atoms with E-state index < -0.39 is 5.97 Å². The number of carboxylic acid groups (broad SMARTS) is 1. The minimum Gasteiger partial charge on any atom is -0.481 e. The van der Waals surface area contributed by atoms with Crippen LogP contribution in [0.1, 0.15) is 51.9 Å². The highest BCUT2D eigenvalue weighted by Crippen LogP contribution is 2.31. The topological polar surface area (TPSA) is 63.3 Å². The number of carbonyl (C=O) groups is 1. The van der Waals surface area contributed by atoms with Crippen LogP contribution in [0.4, 0.5) is 0 Å². The van der Waals surface area contributed by atoms with E-state index in [9.17, 15) is 4.79 Å². The highest BCUT2D eigenvalue weighted by molar-refractivity contribution is 5.67. The Labute approximate surface area is 92.0 Å². The van der Waals surface area contributed by atoms with Crippen LogP contribution in [-0.2, 0) is 4.79 Å². The summed E-state index contributed by atoms with van der Waals surface area (Å²) in [6.07, 6.45) is 7.89. The summed E-state index contributed by atoms with van der Waals surface area (Å²) in [7, 11) is 0. The van der Waals surface area contributed by atoms with Gasteiger partial charge in [-0.2, -0.15) is 0 Å². The van der Waals surface area contributed by atoms with Crippen molar-refractivity contribution in [2.24, 2.45) is 17.6 Å². The predicted molar refractivity (Wildman–Crippen MR) is 60.6 cm³/mol. The molecule has 2 atom stereocenters. The normalized spacial score (nSPS) is 20.7. The molecule has 0 unspecified atom stereocenters. The van der Waals surface area contributed by atoms with Crippen LogP contribution < -0.4 is 5.73 Å². The maximum atomic E-state index is 10.5. The lowest BCUT2D eigenvalue weighted by Gasteiger charge is -2.26. The van der Waals surface area contributed by atoms with Crippen LogP contribution in [0.5, 0.6) is 0 Å². The Hall–Kier alpha value is -0.570. The Morgan fingerprint density at radius 3 is 2.67 bits per heavy atom. The SMILES string of the molecule is C[C@H](CCCC1CCC1)[C@H](N)CC(=O)O. The zero-order valence-corrected chi connectivity index (χ0v) is 9.61. The van der Waals surface area contributed by atoms with Crippen molar-refractivity contribution in [3.8, 4) is 0 Å². The third kappa shape index (κ3) is 4.65. The minimum absolute atomic E-state index is 0.102. The fourth-order valence-corrected chi connectivity index (χ4v) is 2.13. The van der Waals surface area contributed by atoms with Gasteiger partial charge in [-0.25, -0.2) is 0 Å². The zero-order chi connectivity index (χ0) is 11.3. The number of rotatable bonds is 7. The molecule has 3 heteroatoms. The molecule has 1 aliphatic rings. The van der Waals surface area contributed by atoms with Crippen molar-refractivity contribution in [2.75, 3.05) is 0 Å². The van der Waals surface area contributed by atoms with Gasteiger partial charge >= 0.3 is 5.97 Å². The molecule has 3 nitrogen and oxygen atoms in total. The maximum Gasteiger partial charge on any atom is 0.304 e. The molecule has 88 valence electrons. The van der Waals surface area contributed by atoms with E-state index in [0.29, 0.717) is 5.92 Å². The van der Waals surface area contributed by atoms with Crippen molar-refractivity contribution in [3.05, 3.63) is 0 Å². The Morgan fingerprint density at radius 2 is 2.20 bits per heavy atom. The van der Waals surface area contributed by atoms with Crippen LogP contribution >= 0.6 is 0 Å². The zero-order valence-electron chi connectivity index (χ0n) is 9.61. The average Bonchev–Trinajstić information content (AvgIpc) is 2.07. The van der Waals surface area contributed by atoms with Gasteiger partial charge in [0.15, 0.2) is 0 Å².